The molecule has 0 radical (unpaired) electrons. The second-order valence-electron chi connectivity index (χ2n) is 3.03. The average molecular weight is 219 g/mol. The minimum Gasteiger partial charge on any atom is -0.497 e. The van der Waals surface area contributed by atoms with Gasteiger partial charge in [0.2, 0.25) is 0 Å². The molecule has 0 aliphatic heterocycles. The molecule has 1 N–H and O–H groups in total. The topological polar surface area (TPSA) is 77.2 Å². The highest BCUT2D eigenvalue weighted by Crippen LogP contribution is 2.16. The molecule has 6 heteroatoms. The summed E-state index contributed by atoms with van der Waals surface area (Å²) in [6.07, 6.45) is 4.79. The summed E-state index contributed by atoms with van der Waals surface area (Å²) in [4.78, 5) is 18.7. The normalized spacial score (nSPS) is 10.1. The van der Waals surface area contributed by atoms with E-state index in [-0.39, 0.29) is 5.69 Å². The summed E-state index contributed by atoms with van der Waals surface area (Å²) in [5, 5.41) is 8.88. The van der Waals surface area contributed by atoms with Crippen molar-refractivity contribution >= 4 is 5.97 Å². The molecule has 0 saturated carbocycles. The van der Waals surface area contributed by atoms with Gasteiger partial charge in [-0.15, -0.1) is 0 Å². The van der Waals surface area contributed by atoms with Crippen LogP contribution in [0.25, 0.3) is 5.82 Å². The first-order chi connectivity index (χ1) is 7.70. The van der Waals surface area contributed by atoms with Crippen LogP contribution in [0, 0.1) is 0 Å². The number of aromatic carboxylic acids is 1. The Labute approximate surface area is 91.1 Å². The predicted octanol–water partition coefficient (Wildman–Crippen LogP) is 0.974. The highest BCUT2D eigenvalue weighted by atomic mass is 16.5. The summed E-state index contributed by atoms with van der Waals surface area (Å²) in [5.74, 6) is -0.203. The van der Waals surface area contributed by atoms with Crippen molar-refractivity contribution in [3.63, 3.8) is 0 Å². The molecule has 0 aliphatic rings. The van der Waals surface area contributed by atoms with Crippen molar-refractivity contribution < 1.29 is 14.6 Å². The Kier molecular flexibility index (Phi) is 2.55. The molecule has 0 aromatic carbocycles. The Morgan fingerprint density at radius 1 is 1.50 bits per heavy atom. The van der Waals surface area contributed by atoms with Gasteiger partial charge in [-0.05, 0) is 0 Å². The molecule has 2 aromatic rings. The van der Waals surface area contributed by atoms with Crippen molar-refractivity contribution in [2.75, 3.05) is 7.11 Å². The molecular weight excluding hydrogens is 210 g/mol. The van der Waals surface area contributed by atoms with E-state index in [1.807, 2.05) is 0 Å². The summed E-state index contributed by atoms with van der Waals surface area (Å²) in [7, 11) is 1.47. The lowest BCUT2D eigenvalue weighted by atomic mass is 10.3. The number of carboxylic acids is 1. The number of carboxylic acid groups (broad SMARTS) is 1. The summed E-state index contributed by atoms with van der Waals surface area (Å²) in [6, 6.07) is 3.00. The lowest BCUT2D eigenvalue weighted by molar-refractivity contribution is 0.0690. The number of hydrogen-bond acceptors (Lipinski definition) is 4. The van der Waals surface area contributed by atoms with Gasteiger partial charge in [0.15, 0.2) is 5.69 Å². The van der Waals surface area contributed by atoms with Gasteiger partial charge >= 0.3 is 5.97 Å². The smallest absolute Gasteiger partial charge is 0.354 e. The molecule has 0 spiro atoms. The van der Waals surface area contributed by atoms with Crippen molar-refractivity contribution in [1.82, 2.24) is 14.5 Å². The molecule has 0 amide bonds. The van der Waals surface area contributed by atoms with E-state index in [1.165, 1.54) is 19.5 Å². The summed E-state index contributed by atoms with van der Waals surface area (Å²) in [6.45, 7) is 0. The number of aromatic nitrogens is 3. The molecule has 82 valence electrons. The minimum absolute atomic E-state index is 0.0666. The zero-order valence-electron chi connectivity index (χ0n) is 8.49. The number of rotatable bonds is 3. The zero-order chi connectivity index (χ0) is 11.5. The van der Waals surface area contributed by atoms with Crippen LogP contribution in [0.5, 0.6) is 5.75 Å². The molecule has 2 heterocycles. The largest absolute Gasteiger partial charge is 0.497 e. The van der Waals surface area contributed by atoms with Crippen LogP contribution in [0.4, 0.5) is 0 Å². The molecule has 2 aromatic heterocycles. The van der Waals surface area contributed by atoms with Crippen molar-refractivity contribution in [2.24, 2.45) is 0 Å². The first-order valence-electron chi connectivity index (χ1n) is 4.48. The van der Waals surface area contributed by atoms with Gasteiger partial charge in [0.25, 0.3) is 0 Å². The predicted molar refractivity (Wildman–Crippen MR) is 54.9 cm³/mol. The monoisotopic (exact) mass is 219 g/mol. The molecule has 0 aliphatic carbocycles. The third kappa shape index (κ3) is 1.85. The van der Waals surface area contributed by atoms with Gasteiger partial charge < -0.3 is 9.84 Å². The van der Waals surface area contributed by atoms with Crippen LogP contribution < -0.4 is 4.74 Å². The van der Waals surface area contributed by atoms with Gasteiger partial charge in [-0.2, -0.15) is 0 Å². The van der Waals surface area contributed by atoms with Gasteiger partial charge in [0.05, 0.1) is 7.11 Å². The maximum atomic E-state index is 10.8. The Morgan fingerprint density at radius 3 is 2.88 bits per heavy atom. The molecular formula is C10H9N3O3. The van der Waals surface area contributed by atoms with Gasteiger partial charge in [-0.1, -0.05) is 0 Å². The lowest BCUT2D eigenvalue weighted by Gasteiger charge is -2.06. The number of imidazole rings is 1. The molecule has 16 heavy (non-hydrogen) atoms. The summed E-state index contributed by atoms with van der Waals surface area (Å²) >= 11 is 0. The third-order valence-electron chi connectivity index (χ3n) is 2.01. The van der Waals surface area contributed by atoms with Crippen LogP contribution in [0.3, 0.4) is 0 Å². The fraction of sp³-hybridized carbons (Fsp3) is 0.100. The van der Waals surface area contributed by atoms with Gasteiger partial charge in [-0.25, -0.2) is 14.8 Å². The van der Waals surface area contributed by atoms with Gasteiger partial charge in [0, 0.05) is 24.5 Å². The maximum Gasteiger partial charge on any atom is 0.354 e. The number of methoxy groups -OCH3 is 1. The quantitative estimate of drug-likeness (QED) is 0.832. The van der Waals surface area contributed by atoms with E-state index < -0.39 is 5.97 Å². The molecule has 6 nitrogen and oxygen atoms in total. The third-order valence-corrected chi connectivity index (χ3v) is 2.01. The second kappa shape index (κ2) is 4.01. The van der Waals surface area contributed by atoms with Crippen LogP contribution >= 0.6 is 0 Å². The first-order valence-corrected chi connectivity index (χ1v) is 4.48. The van der Waals surface area contributed by atoms with Crippen LogP contribution in [0.15, 0.2) is 30.9 Å². The molecule has 0 unspecified atom stereocenters. The Bertz CT molecular complexity index is 508. The molecule has 0 fully saturated rings. The second-order valence-corrected chi connectivity index (χ2v) is 3.03. The molecule has 0 bridgehead atoms. The number of nitrogens with zero attached hydrogens (tertiary/aromatic N) is 3. The van der Waals surface area contributed by atoms with Crippen molar-refractivity contribution in [3.8, 4) is 11.6 Å². The van der Waals surface area contributed by atoms with Crippen molar-refractivity contribution in [2.45, 2.75) is 0 Å². The van der Waals surface area contributed by atoms with Crippen molar-refractivity contribution in [3.05, 3.63) is 36.5 Å². The minimum atomic E-state index is -1.10. The number of carbonyl (C=O) groups is 1. The van der Waals surface area contributed by atoms with E-state index >= 15 is 0 Å². The SMILES string of the molecule is COc1cc(C(=O)O)nc(-n2ccnc2)c1. The van der Waals surface area contributed by atoms with Crippen LogP contribution in [0.1, 0.15) is 10.5 Å². The maximum absolute atomic E-state index is 10.8. The van der Waals surface area contributed by atoms with Gasteiger partial charge in [0.1, 0.15) is 17.9 Å². The van der Waals surface area contributed by atoms with E-state index in [0.29, 0.717) is 11.6 Å². The highest BCUT2D eigenvalue weighted by molar-refractivity contribution is 5.86. The fourth-order valence-electron chi connectivity index (χ4n) is 1.25. The highest BCUT2D eigenvalue weighted by Gasteiger charge is 2.10. The van der Waals surface area contributed by atoms with E-state index in [0.717, 1.165) is 0 Å². The van der Waals surface area contributed by atoms with E-state index in [1.54, 1.807) is 23.0 Å². The van der Waals surface area contributed by atoms with Gasteiger partial charge in [-0.3, -0.25) is 4.57 Å². The zero-order valence-corrected chi connectivity index (χ0v) is 8.49. The standard InChI is InChI=1S/C10H9N3O3/c1-16-7-4-8(10(14)15)12-9(5-7)13-3-2-11-6-13/h2-6H,1H3,(H,14,15). The average Bonchev–Trinajstić information content (AvgIpc) is 2.81. The fourth-order valence-corrected chi connectivity index (χ4v) is 1.25. The first kappa shape index (κ1) is 10.2. The molecule has 0 saturated heterocycles. The van der Waals surface area contributed by atoms with Crippen LogP contribution in [-0.4, -0.2) is 32.7 Å². The summed E-state index contributed by atoms with van der Waals surface area (Å²) < 4.78 is 6.61. The Morgan fingerprint density at radius 2 is 2.31 bits per heavy atom. The van der Waals surface area contributed by atoms with Crippen molar-refractivity contribution in [1.29, 1.82) is 0 Å². The lowest BCUT2D eigenvalue weighted by Crippen LogP contribution is -2.05. The number of ether oxygens (including phenoxy) is 1. The van der Waals surface area contributed by atoms with E-state index in [2.05, 4.69) is 9.97 Å². The van der Waals surface area contributed by atoms with E-state index in [4.69, 9.17) is 9.84 Å². The van der Waals surface area contributed by atoms with Crippen LogP contribution in [-0.2, 0) is 0 Å². The summed E-state index contributed by atoms with van der Waals surface area (Å²) in [5.41, 5.74) is -0.0666. The molecule has 2 rings (SSSR count). The van der Waals surface area contributed by atoms with E-state index in [9.17, 15) is 4.79 Å². The van der Waals surface area contributed by atoms with Crippen LogP contribution in [0.2, 0.25) is 0 Å². The Balaban J connectivity index is 2.53. The number of hydrogen-bond donors (Lipinski definition) is 1. The molecule has 0 atom stereocenters. The Hall–Kier alpha value is -2.37. The number of pyridine rings is 1.